The van der Waals surface area contributed by atoms with Gasteiger partial charge in [0.2, 0.25) is 0 Å². The standard InChI is InChI=1S/C13H18N2O2S/c1-2-18(17)8-7-15-10-13(16)12-5-3-11(9-14)4-6-12/h3-6,13,15-16H,2,7-8,10H2,1H3. The van der Waals surface area contributed by atoms with Crippen molar-refractivity contribution in [2.75, 3.05) is 24.6 Å². The van der Waals surface area contributed by atoms with Crippen molar-refractivity contribution in [2.24, 2.45) is 0 Å². The lowest BCUT2D eigenvalue weighted by Gasteiger charge is -2.12. The maximum atomic E-state index is 11.2. The Balaban J connectivity index is 2.34. The summed E-state index contributed by atoms with van der Waals surface area (Å²) in [4.78, 5) is 0. The van der Waals surface area contributed by atoms with E-state index in [-0.39, 0.29) is 0 Å². The molecule has 18 heavy (non-hydrogen) atoms. The molecule has 0 aliphatic heterocycles. The number of nitriles is 1. The second-order valence-corrected chi connectivity index (χ2v) is 5.75. The smallest absolute Gasteiger partial charge is 0.0991 e. The van der Waals surface area contributed by atoms with Crippen LogP contribution in [0.4, 0.5) is 0 Å². The van der Waals surface area contributed by atoms with Gasteiger partial charge in [0.25, 0.3) is 0 Å². The molecule has 0 saturated heterocycles. The van der Waals surface area contributed by atoms with Gasteiger partial charge in [-0.2, -0.15) is 5.26 Å². The minimum absolute atomic E-state index is 0.423. The minimum Gasteiger partial charge on any atom is -0.387 e. The highest BCUT2D eigenvalue weighted by Gasteiger charge is 2.06. The molecule has 98 valence electrons. The van der Waals surface area contributed by atoms with Crippen LogP contribution in [0.25, 0.3) is 0 Å². The Kier molecular flexibility index (Phi) is 6.58. The highest BCUT2D eigenvalue weighted by Crippen LogP contribution is 2.12. The molecule has 0 radical (unpaired) electrons. The largest absolute Gasteiger partial charge is 0.387 e. The van der Waals surface area contributed by atoms with E-state index in [4.69, 9.17) is 5.26 Å². The molecular formula is C13H18N2O2S. The first-order chi connectivity index (χ1) is 8.67. The van der Waals surface area contributed by atoms with Crippen LogP contribution >= 0.6 is 0 Å². The van der Waals surface area contributed by atoms with Gasteiger partial charge in [-0.15, -0.1) is 0 Å². The van der Waals surface area contributed by atoms with E-state index in [1.54, 1.807) is 24.3 Å². The molecule has 1 aromatic rings. The summed E-state index contributed by atoms with van der Waals surface area (Å²) in [5.74, 6) is 1.27. The van der Waals surface area contributed by atoms with Crippen LogP contribution in [0, 0.1) is 11.3 Å². The molecule has 0 saturated carbocycles. The highest BCUT2D eigenvalue weighted by molar-refractivity contribution is 7.84. The van der Waals surface area contributed by atoms with Gasteiger partial charge in [-0.3, -0.25) is 4.21 Å². The fourth-order valence-electron chi connectivity index (χ4n) is 1.47. The van der Waals surface area contributed by atoms with E-state index in [9.17, 15) is 9.32 Å². The summed E-state index contributed by atoms with van der Waals surface area (Å²) in [7, 11) is -0.771. The first-order valence-corrected chi connectivity index (χ1v) is 7.40. The minimum atomic E-state index is -0.771. The first kappa shape index (κ1) is 14.8. The monoisotopic (exact) mass is 266 g/mol. The summed E-state index contributed by atoms with van der Waals surface area (Å²) in [6.07, 6.45) is -0.604. The second kappa shape index (κ2) is 7.98. The maximum absolute atomic E-state index is 11.2. The molecule has 1 rings (SSSR count). The average molecular weight is 266 g/mol. The van der Waals surface area contributed by atoms with Crippen molar-refractivity contribution in [1.82, 2.24) is 5.32 Å². The predicted octanol–water partition coefficient (Wildman–Crippen LogP) is 0.950. The molecule has 0 heterocycles. The number of aliphatic hydroxyl groups excluding tert-OH is 1. The number of rotatable bonds is 7. The summed E-state index contributed by atoms with van der Waals surface area (Å²) >= 11 is 0. The molecule has 0 fully saturated rings. The van der Waals surface area contributed by atoms with Gasteiger partial charge in [0, 0.05) is 35.4 Å². The number of aliphatic hydroxyl groups is 1. The number of hydrogen-bond acceptors (Lipinski definition) is 4. The summed E-state index contributed by atoms with van der Waals surface area (Å²) in [6, 6.07) is 8.89. The van der Waals surface area contributed by atoms with E-state index in [0.717, 1.165) is 5.56 Å². The normalized spacial score (nSPS) is 13.8. The Hall–Kier alpha value is -1.22. The van der Waals surface area contributed by atoms with Crippen LogP contribution in [0.2, 0.25) is 0 Å². The van der Waals surface area contributed by atoms with Gasteiger partial charge in [-0.05, 0) is 17.7 Å². The summed E-state index contributed by atoms with van der Waals surface area (Å²) in [6.45, 7) is 2.95. The zero-order valence-electron chi connectivity index (χ0n) is 10.4. The maximum Gasteiger partial charge on any atom is 0.0991 e. The van der Waals surface area contributed by atoms with Crippen molar-refractivity contribution < 1.29 is 9.32 Å². The van der Waals surface area contributed by atoms with Crippen LogP contribution in [0.5, 0.6) is 0 Å². The molecule has 2 N–H and O–H groups in total. The van der Waals surface area contributed by atoms with Crippen LogP contribution in [0.3, 0.4) is 0 Å². The van der Waals surface area contributed by atoms with E-state index in [0.29, 0.717) is 30.2 Å². The third-order valence-corrected chi connectivity index (χ3v) is 3.89. The molecule has 0 aromatic heterocycles. The van der Waals surface area contributed by atoms with Crippen molar-refractivity contribution in [1.29, 1.82) is 5.26 Å². The predicted molar refractivity (Wildman–Crippen MR) is 72.5 cm³/mol. The highest BCUT2D eigenvalue weighted by atomic mass is 32.2. The van der Waals surface area contributed by atoms with Crippen LogP contribution in [-0.4, -0.2) is 33.9 Å². The van der Waals surface area contributed by atoms with E-state index >= 15 is 0 Å². The lowest BCUT2D eigenvalue weighted by Crippen LogP contribution is -2.26. The van der Waals surface area contributed by atoms with Gasteiger partial charge >= 0.3 is 0 Å². The molecule has 2 unspecified atom stereocenters. The van der Waals surface area contributed by atoms with Crippen LogP contribution < -0.4 is 5.32 Å². The number of nitrogens with zero attached hydrogens (tertiary/aromatic N) is 1. The lowest BCUT2D eigenvalue weighted by molar-refractivity contribution is 0.175. The molecule has 1 aromatic carbocycles. The Morgan fingerprint density at radius 2 is 2.11 bits per heavy atom. The summed E-state index contributed by atoms with van der Waals surface area (Å²) < 4.78 is 11.2. The van der Waals surface area contributed by atoms with Crippen LogP contribution in [0.1, 0.15) is 24.2 Å². The van der Waals surface area contributed by atoms with Crippen molar-refractivity contribution >= 4 is 10.8 Å². The van der Waals surface area contributed by atoms with Crippen molar-refractivity contribution in [3.8, 4) is 6.07 Å². The van der Waals surface area contributed by atoms with Gasteiger partial charge in [0.1, 0.15) is 0 Å². The van der Waals surface area contributed by atoms with Crippen molar-refractivity contribution in [2.45, 2.75) is 13.0 Å². The number of benzene rings is 1. The van der Waals surface area contributed by atoms with E-state index in [1.165, 1.54) is 0 Å². The molecule has 2 atom stereocenters. The molecular weight excluding hydrogens is 248 g/mol. The van der Waals surface area contributed by atoms with Crippen LogP contribution in [0.15, 0.2) is 24.3 Å². The van der Waals surface area contributed by atoms with Gasteiger partial charge in [0.05, 0.1) is 17.7 Å². The molecule has 5 heteroatoms. The van der Waals surface area contributed by atoms with E-state index in [2.05, 4.69) is 5.32 Å². The number of hydrogen-bond donors (Lipinski definition) is 2. The topological polar surface area (TPSA) is 73.1 Å². The Labute approximate surface area is 110 Å². The van der Waals surface area contributed by atoms with Gasteiger partial charge in [-0.25, -0.2) is 0 Å². The third kappa shape index (κ3) is 4.96. The third-order valence-electron chi connectivity index (χ3n) is 2.59. The zero-order valence-corrected chi connectivity index (χ0v) is 11.2. The fraction of sp³-hybridized carbons (Fsp3) is 0.462. The Morgan fingerprint density at radius 1 is 1.44 bits per heavy atom. The van der Waals surface area contributed by atoms with E-state index in [1.807, 2.05) is 13.0 Å². The van der Waals surface area contributed by atoms with Crippen molar-refractivity contribution in [3.63, 3.8) is 0 Å². The quantitative estimate of drug-likeness (QED) is 0.721. The van der Waals surface area contributed by atoms with Gasteiger partial charge in [-0.1, -0.05) is 19.1 Å². The molecule has 0 aliphatic rings. The summed E-state index contributed by atoms with van der Waals surface area (Å²) in [5.41, 5.74) is 1.36. The molecule has 0 spiro atoms. The van der Waals surface area contributed by atoms with Gasteiger partial charge < -0.3 is 10.4 Å². The average Bonchev–Trinajstić information content (AvgIpc) is 2.43. The van der Waals surface area contributed by atoms with Crippen molar-refractivity contribution in [3.05, 3.63) is 35.4 Å². The summed E-state index contributed by atoms with van der Waals surface area (Å²) in [5, 5.41) is 21.6. The van der Waals surface area contributed by atoms with E-state index < -0.39 is 16.9 Å². The first-order valence-electron chi connectivity index (χ1n) is 5.91. The SMILES string of the molecule is CCS(=O)CCNCC(O)c1ccc(C#N)cc1. The lowest BCUT2D eigenvalue weighted by atomic mass is 10.1. The number of nitrogens with one attached hydrogen (secondary N) is 1. The molecule has 0 bridgehead atoms. The van der Waals surface area contributed by atoms with Crippen LogP contribution in [-0.2, 0) is 10.8 Å². The fourth-order valence-corrected chi connectivity index (χ4v) is 2.13. The molecule has 0 aliphatic carbocycles. The molecule has 0 amide bonds. The zero-order chi connectivity index (χ0) is 13.4. The Morgan fingerprint density at radius 3 is 2.67 bits per heavy atom. The molecule has 4 nitrogen and oxygen atoms in total. The van der Waals surface area contributed by atoms with Gasteiger partial charge in [0.15, 0.2) is 0 Å². The Bertz CT molecular complexity index is 426. The second-order valence-electron chi connectivity index (χ2n) is 3.89.